The molecule has 4 heterocycles. The van der Waals surface area contributed by atoms with Gasteiger partial charge in [-0.3, -0.25) is 14.3 Å². The average Bonchev–Trinajstić information content (AvgIpc) is 3.25. The Hall–Kier alpha value is -2.70. The van der Waals surface area contributed by atoms with Crippen LogP contribution in [0.15, 0.2) is 36.9 Å². The zero-order valence-electron chi connectivity index (χ0n) is 12.0. The van der Waals surface area contributed by atoms with Gasteiger partial charge in [-0.05, 0) is 31.0 Å². The van der Waals surface area contributed by atoms with Crippen molar-refractivity contribution in [3.05, 3.63) is 48.2 Å². The second-order valence-corrected chi connectivity index (χ2v) is 5.59. The normalized spacial score (nSPS) is 18.7. The summed E-state index contributed by atoms with van der Waals surface area (Å²) >= 11 is 0. The molecule has 0 aliphatic carbocycles. The van der Waals surface area contributed by atoms with Crippen LogP contribution in [0.1, 0.15) is 34.8 Å². The van der Waals surface area contributed by atoms with Crippen LogP contribution in [0.3, 0.4) is 0 Å². The molecule has 1 N–H and O–H groups in total. The lowest BCUT2D eigenvalue weighted by Crippen LogP contribution is -2.39. The van der Waals surface area contributed by atoms with E-state index >= 15 is 0 Å². The second-order valence-electron chi connectivity index (χ2n) is 5.59. The Kier molecular flexibility index (Phi) is 3.10. The third-order valence-corrected chi connectivity index (χ3v) is 4.22. The number of nitrogens with zero attached hydrogens (tertiary/aromatic N) is 5. The number of piperidine rings is 1. The minimum atomic E-state index is 0.0165. The van der Waals surface area contributed by atoms with Crippen LogP contribution in [0.5, 0.6) is 0 Å². The van der Waals surface area contributed by atoms with Crippen molar-refractivity contribution in [2.45, 2.75) is 18.8 Å². The zero-order valence-corrected chi connectivity index (χ0v) is 12.0. The largest absolute Gasteiger partial charge is 0.338 e. The third-order valence-electron chi connectivity index (χ3n) is 4.22. The molecule has 22 heavy (non-hydrogen) atoms. The van der Waals surface area contributed by atoms with Crippen molar-refractivity contribution in [3.63, 3.8) is 0 Å². The summed E-state index contributed by atoms with van der Waals surface area (Å²) in [6.45, 7) is 1.48. The zero-order chi connectivity index (χ0) is 14.9. The first-order chi connectivity index (χ1) is 10.8. The van der Waals surface area contributed by atoms with E-state index in [1.807, 2.05) is 29.3 Å². The summed E-state index contributed by atoms with van der Waals surface area (Å²) in [7, 11) is 0. The van der Waals surface area contributed by atoms with Crippen LogP contribution in [0.4, 0.5) is 0 Å². The van der Waals surface area contributed by atoms with Crippen molar-refractivity contribution >= 4 is 11.6 Å². The topological polar surface area (TPSA) is 79.2 Å². The molecule has 0 spiro atoms. The van der Waals surface area contributed by atoms with Gasteiger partial charge < -0.3 is 4.90 Å². The molecule has 0 unspecified atom stereocenters. The number of fused-ring (bicyclic) bond motifs is 1. The van der Waals surface area contributed by atoms with Gasteiger partial charge in [0.2, 0.25) is 0 Å². The van der Waals surface area contributed by atoms with Crippen LogP contribution in [-0.4, -0.2) is 48.7 Å². The molecule has 1 aliphatic rings. The highest BCUT2D eigenvalue weighted by molar-refractivity contribution is 5.99. The van der Waals surface area contributed by atoms with Gasteiger partial charge in [-0.25, -0.2) is 0 Å². The number of hydrogen-bond donors (Lipinski definition) is 1. The van der Waals surface area contributed by atoms with Gasteiger partial charge in [0.05, 0.1) is 5.56 Å². The monoisotopic (exact) mass is 296 g/mol. The number of aromatic nitrogens is 5. The molecule has 1 saturated heterocycles. The van der Waals surface area contributed by atoms with Gasteiger partial charge in [-0.1, -0.05) is 0 Å². The van der Waals surface area contributed by atoms with Crippen molar-refractivity contribution in [1.82, 2.24) is 29.7 Å². The van der Waals surface area contributed by atoms with Gasteiger partial charge in [0.25, 0.3) is 5.91 Å². The van der Waals surface area contributed by atoms with E-state index in [-0.39, 0.29) is 5.91 Å². The molecule has 3 aromatic rings. The van der Waals surface area contributed by atoms with Gasteiger partial charge >= 0.3 is 0 Å². The molecule has 7 heteroatoms. The van der Waals surface area contributed by atoms with Gasteiger partial charge in [0.1, 0.15) is 6.33 Å². The smallest absolute Gasteiger partial charge is 0.257 e. The van der Waals surface area contributed by atoms with Gasteiger partial charge in [-0.15, -0.1) is 10.2 Å². The van der Waals surface area contributed by atoms with E-state index in [4.69, 9.17) is 0 Å². The Morgan fingerprint density at radius 1 is 1.36 bits per heavy atom. The van der Waals surface area contributed by atoms with E-state index in [2.05, 4.69) is 20.4 Å². The predicted molar refractivity (Wildman–Crippen MR) is 79.5 cm³/mol. The molecule has 4 rings (SSSR count). The van der Waals surface area contributed by atoms with Crippen LogP contribution in [0.2, 0.25) is 0 Å². The first-order valence-electron chi connectivity index (χ1n) is 7.40. The maximum Gasteiger partial charge on any atom is 0.257 e. The minimum absolute atomic E-state index is 0.0165. The highest BCUT2D eigenvalue weighted by Gasteiger charge is 2.27. The quantitative estimate of drug-likeness (QED) is 0.776. The van der Waals surface area contributed by atoms with Crippen molar-refractivity contribution in [3.8, 4) is 0 Å². The van der Waals surface area contributed by atoms with Crippen LogP contribution in [0, 0.1) is 0 Å². The maximum atomic E-state index is 12.8. The number of H-pyrrole nitrogens is 1. The van der Waals surface area contributed by atoms with E-state index < -0.39 is 0 Å². The molecular weight excluding hydrogens is 280 g/mol. The predicted octanol–water partition coefficient (Wildman–Crippen LogP) is 1.47. The number of hydrogen-bond acceptors (Lipinski definition) is 4. The second kappa shape index (κ2) is 5.25. The number of amides is 1. The molecule has 0 bridgehead atoms. The van der Waals surface area contributed by atoms with E-state index in [1.165, 1.54) is 0 Å². The van der Waals surface area contributed by atoms with Crippen molar-refractivity contribution in [1.29, 1.82) is 0 Å². The summed E-state index contributed by atoms with van der Waals surface area (Å²) in [6, 6.07) is 5.64. The Labute approximate surface area is 127 Å². The highest BCUT2D eigenvalue weighted by atomic mass is 16.2. The molecule has 112 valence electrons. The first-order valence-corrected chi connectivity index (χ1v) is 7.40. The van der Waals surface area contributed by atoms with Crippen molar-refractivity contribution < 1.29 is 4.79 Å². The van der Waals surface area contributed by atoms with Gasteiger partial charge in [0.15, 0.2) is 5.65 Å². The number of likely N-dealkylation sites (tertiary alicyclic amines) is 1. The summed E-state index contributed by atoms with van der Waals surface area (Å²) in [5.74, 6) is 0.334. The number of pyridine rings is 1. The average molecular weight is 296 g/mol. The Morgan fingerprint density at radius 2 is 2.32 bits per heavy atom. The van der Waals surface area contributed by atoms with Crippen LogP contribution in [-0.2, 0) is 0 Å². The minimum Gasteiger partial charge on any atom is -0.338 e. The van der Waals surface area contributed by atoms with E-state index in [9.17, 15) is 4.79 Å². The molecule has 0 saturated carbocycles. The molecule has 1 aliphatic heterocycles. The molecular formula is C15H16N6O. The Morgan fingerprint density at radius 3 is 3.18 bits per heavy atom. The number of carbonyl (C=O) groups is 1. The van der Waals surface area contributed by atoms with E-state index in [1.54, 1.807) is 16.9 Å². The lowest BCUT2D eigenvalue weighted by atomic mass is 9.94. The molecule has 0 aromatic carbocycles. The molecule has 1 fully saturated rings. The van der Waals surface area contributed by atoms with Crippen LogP contribution < -0.4 is 0 Å². The van der Waals surface area contributed by atoms with Crippen molar-refractivity contribution in [2.24, 2.45) is 0 Å². The Bertz CT molecular complexity index is 793. The van der Waals surface area contributed by atoms with Crippen LogP contribution in [0.25, 0.3) is 5.65 Å². The fourth-order valence-corrected chi connectivity index (χ4v) is 3.10. The molecule has 0 radical (unpaired) electrons. The summed E-state index contributed by atoms with van der Waals surface area (Å²) < 4.78 is 1.77. The molecule has 7 nitrogen and oxygen atoms in total. The number of nitrogens with one attached hydrogen (secondary N) is 1. The fourth-order valence-electron chi connectivity index (χ4n) is 3.10. The first kappa shape index (κ1) is 13.0. The summed E-state index contributed by atoms with van der Waals surface area (Å²) in [4.78, 5) is 14.7. The van der Waals surface area contributed by atoms with Gasteiger partial charge in [0, 0.05) is 37.1 Å². The summed E-state index contributed by atoms with van der Waals surface area (Å²) in [5, 5.41) is 15.0. The van der Waals surface area contributed by atoms with E-state index in [0.29, 0.717) is 23.7 Å². The van der Waals surface area contributed by atoms with Gasteiger partial charge in [-0.2, -0.15) is 5.10 Å². The number of aromatic amines is 1. The summed E-state index contributed by atoms with van der Waals surface area (Å²) in [6.07, 6.45) is 7.27. The van der Waals surface area contributed by atoms with Crippen LogP contribution >= 0.6 is 0 Å². The number of rotatable bonds is 2. The molecule has 3 aromatic heterocycles. The lowest BCUT2D eigenvalue weighted by Gasteiger charge is -2.32. The molecule has 1 atom stereocenters. The third kappa shape index (κ3) is 2.14. The SMILES string of the molecule is O=C(c1cccn2cnnc12)N1CCC[C@H](c2ccn[nH]2)C1. The van der Waals surface area contributed by atoms with Crippen molar-refractivity contribution in [2.75, 3.05) is 13.1 Å². The fraction of sp³-hybridized carbons (Fsp3) is 0.333. The summed E-state index contributed by atoms with van der Waals surface area (Å²) in [5.41, 5.74) is 2.31. The molecule has 1 amide bonds. The maximum absolute atomic E-state index is 12.8. The Balaban J connectivity index is 1.61. The van der Waals surface area contributed by atoms with E-state index in [0.717, 1.165) is 25.1 Å². The number of carbonyl (C=O) groups excluding carboxylic acids is 1. The highest BCUT2D eigenvalue weighted by Crippen LogP contribution is 2.26. The lowest BCUT2D eigenvalue weighted by molar-refractivity contribution is 0.0707. The standard InChI is InChI=1S/C15H16N6O/c22-15(12-4-2-8-21-10-17-19-14(12)21)20-7-1-3-11(9-20)13-5-6-16-18-13/h2,4-6,8,10-11H,1,3,7,9H2,(H,16,18)/t11-/m0/s1.